The third-order valence-corrected chi connectivity index (χ3v) is 1.96. The van der Waals surface area contributed by atoms with Gasteiger partial charge in [0.25, 0.3) is 0 Å². The van der Waals surface area contributed by atoms with Gasteiger partial charge in [-0.3, -0.25) is 4.72 Å². The monoisotopic (exact) mass is 230 g/mol. The van der Waals surface area contributed by atoms with Crippen LogP contribution in [0.5, 0.6) is 0 Å². The van der Waals surface area contributed by atoms with Gasteiger partial charge in [0.05, 0.1) is 13.3 Å². The first-order valence-electron chi connectivity index (χ1n) is 4.15. The summed E-state index contributed by atoms with van der Waals surface area (Å²) in [6.45, 7) is 1.95. The van der Waals surface area contributed by atoms with Gasteiger partial charge in [-0.1, -0.05) is 22.9 Å². The van der Waals surface area contributed by atoms with E-state index >= 15 is 0 Å². The molecule has 0 bridgehead atoms. The van der Waals surface area contributed by atoms with Crippen LogP contribution in [0.2, 0.25) is 0 Å². The molecule has 1 aromatic carbocycles. The molecule has 1 N–H and O–H groups in total. The quantitative estimate of drug-likeness (QED) is 0.786. The second-order valence-corrected chi connectivity index (χ2v) is 4.67. The summed E-state index contributed by atoms with van der Waals surface area (Å²) in [5, 5.41) is 2.25. The first-order chi connectivity index (χ1) is 6.89. The second-order valence-electron chi connectivity index (χ2n) is 2.92. The molecule has 0 aliphatic carbocycles. The number of rotatable bonds is 2. The Labute approximate surface area is 89.5 Å². The standard InChI is InChI=1S/C8H11NO2S.CH3NO/c1-7-3-5-8(6-4-7)9-12(2,10)11;1-2-3/h3-6,9H,1-2H3;1H3. The van der Waals surface area contributed by atoms with Gasteiger partial charge >= 0.3 is 0 Å². The molecule has 0 atom stereocenters. The molecule has 0 spiro atoms. The Hall–Kier alpha value is -1.43. The lowest BCUT2D eigenvalue weighted by molar-refractivity contribution is 0.607. The molecule has 5 nitrogen and oxygen atoms in total. The summed E-state index contributed by atoms with van der Waals surface area (Å²) in [5.74, 6) is 0. The zero-order chi connectivity index (χ0) is 11.9. The molecule has 6 heteroatoms. The van der Waals surface area contributed by atoms with Crippen molar-refractivity contribution in [3.8, 4) is 0 Å². The van der Waals surface area contributed by atoms with E-state index in [0.29, 0.717) is 5.69 Å². The molecule has 0 aromatic heterocycles. The lowest BCUT2D eigenvalue weighted by Gasteiger charge is -2.02. The van der Waals surface area contributed by atoms with E-state index in [9.17, 15) is 8.42 Å². The molecule has 1 aromatic rings. The average Bonchev–Trinajstić information content (AvgIpc) is 2.08. The number of sulfonamides is 1. The van der Waals surface area contributed by atoms with Gasteiger partial charge in [-0.2, -0.15) is 4.91 Å². The average molecular weight is 230 g/mol. The van der Waals surface area contributed by atoms with Gasteiger partial charge in [0.15, 0.2) is 0 Å². The highest BCUT2D eigenvalue weighted by Crippen LogP contribution is 2.09. The number of nitrogens with zero attached hydrogens (tertiary/aromatic N) is 1. The third kappa shape index (κ3) is 7.63. The van der Waals surface area contributed by atoms with Crippen LogP contribution in [0.15, 0.2) is 29.4 Å². The minimum absolute atomic E-state index is 0.600. The molecule has 0 radical (unpaired) electrons. The molecule has 15 heavy (non-hydrogen) atoms. The van der Waals surface area contributed by atoms with Gasteiger partial charge in [0.1, 0.15) is 0 Å². The van der Waals surface area contributed by atoms with Crippen molar-refractivity contribution in [2.75, 3.05) is 18.0 Å². The molecule has 0 aliphatic rings. The Morgan fingerprint density at radius 1 is 1.20 bits per heavy atom. The third-order valence-electron chi connectivity index (χ3n) is 1.35. The summed E-state index contributed by atoms with van der Waals surface area (Å²) in [6.07, 6.45) is 1.13. The van der Waals surface area contributed by atoms with Gasteiger partial charge in [-0.05, 0) is 19.1 Å². The van der Waals surface area contributed by atoms with Crippen LogP contribution in [0.25, 0.3) is 0 Å². The zero-order valence-corrected chi connectivity index (χ0v) is 9.71. The topological polar surface area (TPSA) is 75.6 Å². The largest absolute Gasteiger partial charge is 0.284 e. The van der Waals surface area contributed by atoms with Crippen LogP contribution in [0.1, 0.15) is 5.56 Å². The molecule has 0 fully saturated rings. The van der Waals surface area contributed by atoms with Crippen LogP contribution in [0, 0.1) is 11.8 Å². The van der Waals surface area contributed by atoms with Gasteiger partial charge in [0.2, 0.25) is 10.0 Å². The van der Waals surface area contributed by atoms with E-state index < -0.39 is 10.0 Å². The van der Waals surface area contributed by atoms with Crippen LogP contribution >= 0.6 is 0 Å². The summed E-state index contributed by atoms with van der Waals surface area (Å²) < 4.78 is 23.9. The predicted octanol–water partition coefficient (Wildman–Crippen LogP) is 1.75. The van der Waals surface area contributed by atoms with Crippen LogP contribution in [-0.4, -0.2) is 21.7 Å². The van der Waals surface area contributed by atoms with E-state index in [1.807, 2.05) is 19.1 Å². The first-order valence-corrected chi connectivity index (χ1v) is 6.04. The summed E-state index contributed by atoms with van der Waals surface area (Å²) >= 11 is 0. The zero-order valence-electron chi connectivity index (χ0n) is 8.89. The number of anilines is 1. The number of benzene rings is 1. The molecular formula is C9H14N2O3S. The fraction of sp³-hybridized carbons (Fsp3) is 0.333. The van der Waals surface area contributed by atoms with Crippen molar-refractivity contribution in [2.24, 2.45) is 5.18 Å². The summed E-state index contributed by atoms with van der Waals surface area (Å²) in [4.78, 5) is 8.56. The lowest BCUT2D eigenvalue weighted by Crippen LogP contribution is -2.09. The van der Waals surface area contributed by atoms with E-state index in [4.69, 9.17) is 4.91 Å². The number of nitroso groups, excluding NO2 is 1. The molecule has 0 saturated heterocycles. The summed E-state index contributed by atoms with van der Waals surface area (Å²) in [6, 6.07) is 7.17. The highest BCUT2D eigenvalue weighted by molar-refractivity contribution is 7.92. The van der Waals surface area contributed by atoms with Crippen molar-refractivity contribution >= 4 is 15.7 Å². The lowest BCUT2D eigenvalue weighted by atomic mass is 10.2. The number of hydrogen-bond donors (Lipinski definition) is 1. The van der Waals surface area contributed by atoms with E-state index in [-0.39, 0.29) is 0 Å². The van der Waals surface area contributed by atoms with Crippen molar-refractivity contribution in [1.82, 2.24) is 0 Å². The van der Waals surface area contributed by atoms with Crippen LogP contribution in [0.3, 0.4) is 0 Å². The van der Waals surface area contributed by atoms with Gasteiger partial charge in [0, 0.05) is 5.69 Å². The Kier molecular flexibility index (Phi) is 5.54. The van der Waals surface area contributed by atoms with E-state index in [1.54, 1.807) is 12.1 Å². The van der Waals surface area contributed by atoms with E-state index in [0.717, 1.165) is 11.8 Å². The first kappa shape index (κ1) is 13.6. The van der Waals surface area contributed by atoms with Gasteiger partial charge < -0.3 is 0 Å². The van der Waals surface area contributed by atoms with Crippen LogP contribution < -0.4 is 4.72 Å². The van der Waals surface area contributed by atoms with E-state index in [1.165, 1.54) is 7.05 Å². The van der Waals surface area contributed by atoms with Crippen molar-refractivity contribution in [3.05, 3.63) is 34.7 Å². The number of hydrogen-bond acceptors (Lipinski definition) is 4. The second kappa shape index (κ2) is 6.13. The molecule has 1 rings (SSSR count). The fourth-order valence-electron chi connectivity index (χ4n) is 0.836. The fourth-order valence-corrected chi connectivity index (χ4v) is 1.40. The van der Waals surface area contributed by atoms with Gasteiger partial charge in [-0.25, -0.2) is 8.42 Å². The summed E-state index contributed by atoms with van der Waals surface area (Å²) in [7, 11) is -1.95. The maximum Gasteiger partial charge on any atom is 0.229 e. The molecule has 0 aliphatic heterocycles. The van der Waals surface area contributed by atoms with Crippen LogP contribution in [-0.2, 0) is 10.0 Å². The van der Waals surface area contributed by atoms with Crippen molar-refractivity contribution in [3.63, 3.8) is 0 Å². The summed E-state index contributed by atoms with van der Waals surface area (Å²) in [5.41, 5.74) is 1.71. The van der Waals surface area contributed by atoms with Gasteiger partial charge in [-0.15, -0.1) is 0 Å². The Morgan fingerprint density at radius 2 is 1.60 bits per heavy atom. The Balaban J connectivity index is 0.000000583. The highest BCUT2D eigenvalue weighted by Gasteiger charge is 1.99. The maximum absolute atomic E-state index is 10.8. The van der Waals surface area contributed by atoms with Crippen molar-refractivity contribution in [2.45, 2.75) is 6.92 Å². The Bertz CT molecular complexity index is 398. The minimum Gasteiger partial charge on any atom is -0.284 e. The maximum atomic E-state index is 10.8. The molecular weight excluding hydrogens is 216 g/mol. The van der Waals surface area contributed by atoms with E-state index in [2.05, 4.69) is 9.90 Å². The molecule has 0 saturated carbocycles. The van der Waals surface area contributed by atoms with Crippen LogP contribution in [0.4, 0.5) is 5.69 Å². The molecule has 0 amide bonds. The highest BCUT2D eigenvalue weighted by atomic mass is 32.2. The smallest absolute Gasteiger partial charge is 0.229 e. The van der Waals surface area contributed by atoms with Crippen molar-refractivity contribution in [1.29, 1.82) is 0 Å². The SMILES string of the molecule is CN=O.Cc1ccc(NS(C)(=O)=O)cc1. The molecule has 0 unspecified atom stereocenters. The normalized spacial score (nSPS) is 9.80. The molecule has 84 valence electrons. The predicted molar refractivity (Wildman–Crippen MR) is 61.4 cm³/mol. The number of aryl methyl sites for hydroxylation is 1. The Morgan fingerprint density at radius 3 is 1.93 bits per heavy atom. The minimum atomic E-state index is -3.14. The number of nitrogens with one attached hydrogen (secondary N) is 1. The van der Waals surface area contributed by atoms with Crippen molar-refractivity contribution < 1.29 is 8.42 Å². The molecule has 0 heterocycles.